The van der Waals surface area contributed by atoms with Crippen LogP contribution in [0.5, 0.6) is 17.2 Å². The van der Waals surface area contributed by atoms with E-state index in [0.29, 0.717) is 69.3 Å². The van der Waals surface area contributed by atoms with Crippen molar-refractivity contribution in [3.05, 3.63) is 69.6 Å². The summed E-state index contributed by atoms with van der Waals surface area (Å²) in [5.74, 6) is 1.44. The van der Waals surface area contributed by atoms with Crippen molar-refractivity contribution in [1.29, 1.82) is 0 Å². The number of thiocarbonyl (C=S) groups is 1. The topological polar surface area (TPSA) is 48.0 Å². The Labute approximate surface area is 213 Å². The molecule has 0 saturated carbocycles. The van der Waals surface area contributed by atoms with Crippen molar-refractivity contribution in [3.8, 4) is 17.2 Å². The average molecular weight is 524 g/mol. The largest absolute Gasteiger partial charge is 0.492 e. The summed E-state index contributed by atoms with van der Waals surface area (Å²) in [4.78, 5) is 14.6. The minimum absolute atomic E-state index is 0.155. The predicted molar refractivity (Wildman–Crippen MR) is 140 cm³/mol. The van der Waals surface area contributed by atoms with Gasteiger partial charge in [0.2, 0.25) is 0 Å². The molecule has 5 nitrogen and oxygen atoms in total. The van der Waals surface area contributed by atoms with Gasteiger partial charge in [-0.2, -0.15) is 0 Å². The average Bonchev–Trinajstić information content (AvgIpc) is 3.04. The number of carbonyl (C=O) groups excluding carboxylic acids is 1. The summed E-state index contributed by atoms with van der Waals surface area (Å²) in [6.07, 6.45) is 4.02. The molecule has 1 saturated heterocycles. The van der Waals surface area contributed by atoms with Gasteiger partial charge in [0.25, 0.3) is 5.91 Å². The number of benzene rings is 2. The van der Waals surface area contributed by atoms with Gasteiger partial charge in [0.1, 0.15) is 10.1 Å². The summed E-state index contributed by atoms with van der Waals surface area (Å²) >= 11 is 19.1. The normalized spacial score (nSPS) is 14.6. The second kappa shape index (κ2) is 12.3. The van der Waals surface area contributed by atoms with Crippen molar-refractivity contribution in [1.82, 2.24) is 4.90 Å². The minimum atomic E-state index is -0.155. The highest BCUT2D eigenvalue weighted by molar-refractivity contribution is 8.26. The molecule has 9 heteroatoms. The molecule has 33 heavy (non-hydrogen) atoms. The molecule has 0 radical (unpaired) electrons. The first kappa shape index (κ1) is 25.4. The van der Waals surface area contributed by atoms with Crippen molar-refractivity contribution in [3.63, 3.8) is 0 Å². The molecular weight excluding hydrogens is 501 g/mol. The van der Waals surface area contributed by atoms with Crippen LogP contribution in [0.25, 0.3) is 6.08 Å². The zero-order chi connectivity index (χ0) is 23.8. The Hall–Kier alpha value is -2.19. The molecule has 1 aliphatic rings. The van der Waals surface area contributed by atoms with Crippen LogP contribution < -0.4 is 14.2 Å². The number of halogens is 2. The highest BCUT2D eigenvalue weighted by atomic mass is 35.5. The first-order valence-electron chi connectivity index (χ1n) is 10.3. The third-order valence-corrected chi connectivity index (χ3v) is 6.41. The Morgan fingerprint density at radius 1 is 1.09 bits per heavy atom. The third-order valence-electron chi connectivity index (χ3n) is 4.44. The van der Waals surface area contributed by atoms with Gasteiger partial charge >= 0.3 is 0 Å². The Morgan fingerprint density at radius 3 is 2.58 bits per heavy atom. The molecule has 2 aromatic carbocycles. The molecule has 0 atom stereocenters. The molecule has 0 aliphatic carbocycles. The van der Waals surface area contributed by atoms with Crippen molar-refractivity contribution in [2.24, 2.45) is 0 Å². The van der Waals surface area contributed by atoms with Crippen LogP contribution in [-0.2, 0) is 4.79 Å². The van der Waals surface area contributed by atoms with Crippen LogP contribution >= 0.6 is 47.2 Å². The highest BCUT2D eigenvalue weighted by Crippen LogP contribution is 2.39. The molecule has 0 bridgehead atoms. The standard InChI is InChI=1S/C24H23Cl2NO4S2/c1-3-10-27-23(28)21(33-24(27)32)15-16-13-18(26)22(20(14-16)29-4-2)31-12-7-11-30-19-9-6-5-8-17(19)25/h3,5-6,8-9,13-15H,1,4,7,10-12H2,2H3. The number of nitrogens with zero attached hydrogens (tertiary/aromatic N) is 1. The zero-order valence-corrected chi connectivity index (χ0v) is 21.2. The van der Waals surface area contributed by atoms with Gasteiger partial charge in [0.05, 0.1) is 34.8 Å². The van der Waals surface area contributed by atoms with Crippen LogP contribution in [0.1, 0.15) is 18.9 Å². The second-order valence-corrected chi connectivity index (χ2v) is 9.32. The van der Waals surface area contributed by atoms with Gasteiger partial charge in [-0.25, -0.2) is 0 Å². The van der Waals surface area contributed by atoms with Gasteiger partial charge < -0.3 is 14.2 Å². The summed E-state index contributed by atoms with van der Waals surface area (Å²) in [6.45, 7) is 7.18. The number of carbonyl (C=O) groups is 1. The fraction of sp³-hybridized carbons (Fsp3) is 0.250. The van der Waals surface area contributed by atoms with Crippen LogP contribution in [-0.4, -0.2) is 41.5 Å². The Morgan fingerprint density at radius 2 is 1.85 bits per heavy atom. The van der Waals surface area contributed by atoms with E-state index >= 15 is 0 Å². The summed E-state index contributed by atoms with van der Waals surface area (Å²) < 4.78 is 17.8. The third kappa shape index (κ3) is 6.67. The van der Waals surface area contributed by atoms with Crippen molar-refractivity contribution in [2.75, 3.05) is 26.4 Å². The van der Waals surface area contributed by atoms with Crippen molar-refractivity contribution in [2.45, 2.75) is 13.3 Å². The van der Waals surface area contributed by atoms with E-state index in [4.69, 9.17) is 49.6 Å². The number of para-hydroxylation sites is 1. The quantitative estimate of drug-likeness (QED) is 0.142. The molecule has 1 heterocycles. The van der Waals surface area contributed by atoms with Crippen LogP contribution in [0, 0.1) is 0 Å². The monoisotopic (exact) mass is 523 g/mol. The number of hydrogen-bond acceptors (Lipinski definition) is 6. The molecule has 0 spiro atoms. The van der Waals surface area contributed by atoms with E-state index in [2.05, 4.69) is 6.58 Å². The maximum atomic E-state index is 12.6. The fourth-order valence-electron chi connectivity index (χ4n) is 2.99. The van der Waals surface area contributed by atoms with E-state index in [-0.39, 0.29) is 5.91 Å². The lowest BCUT2D eigenvalue weighted by Gasteiger charge is -2.15. The molecular formula is C24H23Cl2NO4S2. The zero-order valence-electron chi connectivity index (χ0n) is 18.0. The fourth-order valence-corrected chi connectivity index (χ4v) is 4.73. The molecule has 0 N–H and O–H groups in total. The Kier molecular flexibility index (Phi) is 9.50. The van der Waals surface area contributed by atoms with E-state index in [9.17, 15) is 4.79 Å². The Balaban J connectivity index is 1.67. The lowest BCUT2D eigenvalue weighted by atomic mass is 10.1. The number of rotatable bonds is 11. The van der Waals surface area contributed by atoms with Gasteiger partial charge in [-0.3, -0.25) is 9.69 Å². The number of amides is 1. The second-order valence-electron chi connectivity index (χ2n) is 6.82. The number of hydrogen-bond donors (Lipinski definition) is 0. The maximum absolute atomic E-state index is 12.6. The lowest BCUT2D eigenvalue weighted by Crippen LogP contribution is -2.27. The molecule has 1 fully saturated rings. The van der Waals surface area contributed by atoms with E-state index in [0.717, 1.165) is 5.56 Å². The van der Waals surface area contributed by atoms with E-state index in [1.165, 1.54) is 16.7 Å². The van der Waals surface area contributed by atoms with Crippen LogP contribution in [0.3, 0.4) is 0 Å². The first-order valence-corrected chi connectivity index (χ1v) is 12.2. The van der Waals surface area contributed by atoms with Gasteiger partial charge in [-0.05, 0) is 42.8 Å². The van der Waals surface area contributed by atoms with Gasteiger partial charge in [-0.1, -0.05) is 65.4 Å². The Bertz CT molecular complexity index is 1070. The predicted octanol–water partition coefficient (Wildman–Crippen LogP) is 6.63. The summed E-state index contributed by atoms with van der Waals surface area (Å²) in [5, 5.41) is 0.956. The smallest absolute Gasteiger partial charge is 0.266 e. The van der Waals surface area contributed by atoms with Gasteiger partial charge in [-0.15, -0.1) is 6.58 Å². The van der Waals surface area contributed by atoms with Crippen LogP contribution in [0.15, 0.2) is 54.0 Å². The summed E-state index contributed by atoms with van der Waals surface area (Å²) in [7, 11) is 0. The van der Waals surface area contributed by atoms with Gasteiger partial charge in [0.15, 0.2) is 11.5 Å². The van der Waals surface area contributed by atoms with E-state index < -0.39 is 0 Å². The number of ether oxygens (including phenoxy) is 3. The molecule has 174 valence electrons. The maximum Gasteiger partial charge on any atom is 0.266 e. The van der Waals surface area contributed by atoms with Crippen LogP contribution in [0.2, 0.25) is 10.0 Å². The first-order chi connectivity index (χ1) is 15.9. The molecule has 0 unspecified atom stereocenters. The van der Waals surface area contributed by atoms with E-state index in [1.807, 2.05) is 25.1 Å². The SMILES string of the molecule is C=CCN1C(=O)C(=Cc2cc(Cl)c(OCCCOc3ccccc3Cl)c(OCC)c2)SC1=S. The van der Waals surface area contributed by atoms with Crippen molar-refractivity contribution >= 4 is 63.5 Å². The highest BCUT2D eigenvalue weighted by Gasteiger charge is 2.31. The van der Waals surface area contributed by atoms with Gasteiger partial charge in [0, 0.05) is 13.0 Å². The molecule has 1 amide bonds. The lowest BCUT2D eigenvalue weighted by molar-refractivity contribution is -0.121. The molecule has 2 aromatic rings. The summed E-state index contributed by atoms with van der Waals surface area (Å²) in [5.41, 5.74) is 0.719. The molecule has 3 rings (SSSR count). The number of thioether (sulfide) groups is 1. The van der Waals surface area contributed by atoms with E-state index in [1.54, 1.807) is 30.4 Å². The van der Waals surface area contributed by atoms with Crippen molar-refractivity contribution < 1.29 is 19.0 Å². The van der Waals surface area contributed by atoms with Crippen LogP contribution in [0.4, 0.5) is 0 Å². The summed E-state index contributed by atoms with van der Waals surface area (Å²) in [6, 6.07) is 10.8. The molecule has 0 aromatic heterocycles. The minimum Gasteiger partial charge on any atom is -0.492 e. The molecule has 1 aliphatic heterocycles.